The number of hydrogen-bond acceptors (Lipinski definition) is 5. The van der Waals surface area contributed by atoms with Crippen molar-refractivity contribution < 1.29 is 14.3 Å². The second-order valence-corrected chi connectivity index (χ2v) is 10.5. The first kappa shape index (κ1) is 26.4. The molecule has 0 bridgehead atoms. The zero-order chi connectivity index (χ0) is 27.4. The van der Waals surface area contributed by atoms with Gasteiger partial charge in [0.1, 0.15) is 17.9 Å². The predicted octanol–water partition coefficient (Wildman–Crippen LogP) is 7.16. The number of nitriles is 1. The molecule has 1 amide bonds. The van der Waals surface area contributed by atoms with Crippen LogP contribution in [0.1, 0.15) is 58.1 Å². The summed E-state index contributed by atoms with van der Waals surface area (Å²) in [6.45, 7) is 7.33. The number of imidazole rings is 1. The van der Waals surface area contributed by atoms with Crippen molar-refractivity contribution in [1.82, 2.24) is 14.1 Å². The Kier molecular flexibility index (Phi) is 7.87. The number of aryl methyl sites for hydroxylation is 1. The number of hydrogen-bond donors (Lipinski definition) is 1. The molecule has 0 unspecified atom stereocenters. The topological polar surface area (TPSA) is 94.1 Å². The number of aromatic nitrogens is 3. The van der Waals surface area contributed by atoms with Crippen molar-refractivity contribution in [1.29, 1.82) is 5.26 Å². The van der Waals surface area contributed by atoms with Gasteiger partial charge in [-0.15, -0.1) is 0 Å². The summed E-state index contributed by atoms with van der Waals surface area (Å²) < 4.78 is 15.8. The summed E-state index contributed by atoms with van der Waals surface area (Å²) in [5, 5.41) is 14.0. The number of anilines is 1. The van der Waals surface area contributed by atoms with Crippen LogP contribution in [0.4, 0.5) is 10.5 Å². The average molecular weight is 526 g/mol. The molecule has 1 saturated carbocycles. The molecule has 2 heterocycles. The van der Waals surface area contributed by atoms with E-state index < -0.39 is 6.09 Å². The van der Waals surface area contributed by atoms with Crippen LogP contribution in [-0.2, 0) is 11.3 Å². The molecular formula is C31H35N5O3. The van der Waals surface area contributed by atoms with E-state index in [1.165, 1.54) is 6.42 Å². The average Bonchev–Trinajstić information content (AvgIpc) is 3.52. The number of fused-ring (bicyclic) bond motifs is 1. The number of nitrogens with one attached hydrogen (secondary N) is 1. The highest BCUT2D eigenvalue weighted by Crippen LogP contribution is 2.43. The second kappa shape index (κ2) is 11.6. The Bertz CT molecular complexity index is 1460. The van der Waals surface area contributed by atoms with E-state index in [1.54, 1.807) is 12.5 Å². The molecule has 8 nitrogen and oxygen atoms in total. The standard InChI is InChI=1S/C31H35N5O3/c1-21(2)22(3)39-31(37)34-24-10-8-23(9-11-24)30-28(19-32)27-18-26(38-17-5-15-35-16-14-33-20-35)12-13-29(27)36(30)25-6-4-7-25/h8-14,16,18,20-22,25H,4-7,15,17H2,1-3H3,(H,34,37)/t22-/m1/s1. The van der Waals surface area contributed by atoms with Gasteiger partial charge in [0.15, 0.2) is 0 Å². The van der Waals surface area contributed by atoms with Crippen LogP contribution in [0.2, 0.25) is 0 Å². The van der Waals surface area contributed by atoms with Gasteiger partial charge in [0.25, 0.3) is 0 Å². The number of rotatable bonds is 10. The monoisotopic (exact) mass is 525 g/mol. The first-order valence-corrected chi connectivity index (χ1v) is 13.7. The summed E-state index contributed by atoms with van der Waals surface area (Å²) in [6, 6.07) is 16.5. The van der Waals surface area contributed by atoms with Crippen LogP contribution in [0, 0.1) is 17.2 Å². The Morgan fingerprint density at radius 2 is 1.97 bits per heavy atom. The molecule has 1 fully saturated rings. The first-order valence-electron chi connectivity index (χ1n) is 13.7. The summed E-state index contributed by atoms with van der Waals surface area (Å²) >= 11 is 0. The molecule has 0 saturated heterocycles. The largest absolute Gasteiger partial charge is 0.494 e. The molecule has 4 aromatic rings. The normalized spacial score (nSPS) is 14.1. The van der Waals surface area contributed by atoms with E-state index in [0.717, 1.165) is 53.7 Å². The van der Waals surface area contributed by atoms with Crippen molar-refractivity contribution in [3.63, 3.8) is 0 Å². The van der Waals surface area contributed by atoms with Gasteiger partial charge >= 0.3 is 6.09 Å². The molecule has 1 atom stereocenters. The molecular weight excluding hydrogens is 490 g/mol. The quantitative estimate of drug-likeness (QED) is 0.222. The number of amides is 1. The zero-order valence-corrected chi connectivity index (χ0v) is 22.8. The highest BCUT2D eigenvalue weighted by Gasteiger charge is 2.28. The molecule has 0 radical (unpaired) electrons. The molecule has 0 spiro atoms. The van der Waals surface area contributed by atoms with Crippen molar-refractivity contribution >= 4 is 22.7 Å². The third kappa shape index (κ3) is 5.78. The summed E-state index contributed by atoms with van der Waals surface area (Å²) in [5.41, 5.74) is 4.19. The van der Waals surface area contributed by atoms with Gasteiger partial charge in [-0.05, 0) is 74.4 Å². The van der Waals surface area contributed by atoms with Crippen molar-refractivity contribution in [3.05, 3.63) is 66.7 Å². The molecule has 8 heteroatoms. The van der Waals surface area contributed by atoms with Gasteiger partial charge in [0.2, 0.25) is 0 Å². The fraction of sp³-hybridized carbons (Fsp3) is 0.387. The maximum absolute atomic E-state index is 12.3. The van der Waals surface area contributed by atoms with Crippen molar-refractivity contribution in [3.8, 4) is 23.1 Å². The molecule has 2 aromatic heterocycles. The van der Waals surface area contributed by atoms with Crippen LogP contribution in [0.25, 0.3) is 22.2 Å². The molecule has 1 N–H and O–H groups in total. The van der Waals surface area contributed by atoms with E-state index in [1.807, 2.05) is 67.9 Å². The minimum atomic E-state index is -0.470. The number of carbonyl (C=O) groups is 1. The van der Waals surface area contributed by atoms with Crippen LogP contribution >= 0.6 is 0 Å². The summed E-state index contributed by atoms with van der Waals surface area (Å²) in [5.74, 6) is 1.000. The maximum atomic E-state index is 12.3. The fourth-order valence-corrected chi connectivity index (χ4v) is 4.82. The molecule has 1 aliphatic carbocycles. The summed E-state index contributed by atoms with van der Waals surface area (Å²) in [7, 11) is 0. The number of ether oxygens (including phenoxy) is 2. The molecule has 2 aromatic carbocycles. The fourth-order valence-electron chi connectivity index (χ4n) is 4.82. The highest BCUT2D eigenvalue weighted by molar-refractivity contribution is 5.96. The van der Waals surface area contributed by atoms with Gasteiger partial charge in [-0.3, -0.25) is 5.32 Å². The minimum Gasteiger partial charge on any atom is -0.494 e. The van der Waals surface area contributed by atoms with Crippen LogP contribution in [0.15, 0.2) is 61.2 Å². The Labute approximate surface area is 229 Å². The van der Waals surface area contributed by atoms with Crippen LogP contribution in [0.3, 0.4) is 0 Å². The van der Waals surface area contributed by atoms with Crippen molar-refractivity contribution in [2.75, 3.05) is 11.9 Å². The van der Waals surface area contributed by atoms with Crippen LogP contribution in [0.5, 0.6) is 5.75 Å². The zero-order valence-electron chi connectivity index (χ0n) is 22.8. The van der Waals surface area contributed by atoms with Gasteiger partial charge in [-0.25, -0.2) is 9.78 Å². The minimum absolute atomic E-state index is 0.175. The second-order valence-electron chi connectivity index (χ2n) is 10.5. The lowest BCUT2D eigenvalue weighted by molar-refractivity contribution is 0.0940. The lowest BCUT2D eigenvalue weighted by Crippen LogP contribution is -2.23. The molecule has 1 aliphatic rings. The maximum Gasteiger partial charge on any atom is 0.411 e. The van der Waals surface area contributed by atoms with Crippen LogP contribution < -0.4 is 10.1 Å². The lowest BCUT2D eigenvalue weighted by Gasteiger charge is -2.30. The number of nitrogens with zero attached hydrogens (tertiary/aromatic N) is 4. The van der Waals surface area contributed by atoms with Gasteiger partial charge in [0.05, 0.1) is 29.7 Å². The number of carbonyl (C=O) groups excluding carboxylic acids is 1. The SMILES string of the molecule is CC(C)[C@@H](C)OC(=O)Nc1ccc(-c2c(C#N)c3cc(OCCCn4ccnc4)ccc3n2C2CCC2)cc1. The van der Waals surface area contributed by atoms with Crippen LogP contribution in [-0.4, -0.2) is 32.9 Å². The Balaban J connectivity index is 1.39. The van der Waals surface area contributed by atoms with E-state index in [0.29, 0.717) is 23.9 Å². The third-order valence-corrected chi connectivity index (χ3v) is 7.55. The van der Waals surface area contributed by atoms with E-state index in [2.05, 4.69) is 27.0 Å². The Morgan fingerprint density at radius 1 is 1.18 bits per heavy atom. The number of benzene rings is 2. The van der Waals surface area contributed by atoms with E-state index in [9.17, 15) is 10.1 Å². The smallest absolute Gasteiger partial charge is 0.411 e. The van der Waals surface area contributed by atoms with Gasteiger partial charge in [-0.2, -0.15) is 5.26 Å². The van der Waals surface area contributed by atoms with Gasteiger partial charge < -0.3 is 18.6 Å². The highest BCUT2D eigenvalue weighted by atomic mass is 16.6. The molecule has 0 aliphatic heterocycles. The first-order chi connectivity index (χ1) is 18.9. The molecule has 39 heavy (non-hydrogen) atoms. The summed E-state index contributed by atoms with van der Waals surface area (Å²) in [6.07, 6.45) is 9.10. The Morgan fingerprint density at radius 3 is 2.62 bits per heavy atom. The summed E-state index contributed by atoms with van der Waals surface area (Å²) in [4.78, 5) is 16.4. The van der Waals surface area contributed by atoms with E-state index in [-0.39, 0.29) is 12.0 Å². The predicted molar refractivity (Wildman–Crippen MR) is 152 cm³/mol. The van der Waals surface area contributed by atoms with Gasteiger partial charge in [0, 0.05) is 36.1 Å². The van der Waals surface area contributed by atoms with E-state index in [4.69, 9.17) is 9.47 Å². The molecule has 202 valence electrons. The Hall–Kier alpha value is -4.25. The van der Waals surface area contributed by atoms with Crippen molar-refractivity contribution in [2.24, 2.45) is 5.92 Å². The molecule has 5 rings (SSSR count). The van der Waals surface area contributed by atoms with Crippen molar-refractivity contribution in [2.45, 2.75) is 65.1 Å². The lowest BCUT2D eigenvalue weighted by atomic mass is 9.92. The van der Waals surface area contributed by atoms with E-state index >= 15 is 0 Å². The third-order valence-electron chi connectivity index (χ3n) is 7.55. The van der Waals surface area contributed by atoms with Gasteiger partial charge in [-0.1, -0.05) is 26.0 Å².